The van der Waals surface area contributed by atoms with Crippen molar-refractivity contribution in [1.29, 1.82) is 0 Å². The molecule has 28 heteroatoms. The second-order valence-electron chi connectivity index (χ2n) is 25.9. The van der Waals surface area contributed by atoms with Crippen LogP contribution < -0.4 is 29.6 Å². The molecule has 14 nitrogen and oxygen atoms in total. The quantitative estimate of drug-likeness (QED) is 0.0119. The van der Waals surface area contributed by atoms with Crippen molar-refractivity contribution in [3.05, 3.63) is 189 Å². The zero-order valence-electron chi connectivity index (χ0n) is 54.2. The van der Waals surface area contributed by atoms with Crippen molar-refractivity contribution >= 4 is 54.0 Å². The van der Waals surface area contributed by atoms with Gasteiger partial charge >= 0.3 is 52.0 Å². The minimum Gasteiger partial charge on any atom is -0.743 e. The molecule has 8 aliphatic rings. The Bertz CT molecular complexity index is 3380. The molecule has 7 atom stereocenters. The Labute approximate surface area is 599 Å². The van der Waals surface area contributed by atoms with Gasteiger partial charge in [-0.25, -0.2) is 38.8 Å². The number of hydrogen-bond acceptors (Lipinski definition) is 13. The number of aliphatic hydroxyl groups is 4. The second kappa shape index (κ2) is 35.4. The summed E-state index contributed by atoms with van der Waals surface area (Å²) >= 11 is 0. The average Bonchev–Trinajstić information content (AvgIpc) is 0.730. The standard InChI is InChI=1S/2C18H15S.C15H21F3O6S.C11H16O3.C5H8F3O.C4H7F3O4S.Na/c2*1-4-10-16(11-5-1)19(17-12-6-2-7-13-17)18-14-8-3-9-15-18;16-11(15(17,18)25(21,22)23)1-2-24-12(19)13-4-9-3-10(5-13)7-14(20,6-9)8-13;12-9(13)10-2-7-1-8(3-10)5-11(14,4-7)6-10;1-5(7,8)4(6)2-3-9;5-3(1-2-8)4(6,7)12(9,10)11;/h2*1-15H;9-11,20H,1-8H2,(H,21,22,23);7-8,14H,1-6H2,(H,12,13);4,9H,1-3H2;3,8H,1-2H2,(H,9,10,11);/q2*+1;;;-1;;+1/p-2. The number of aliphatic hydroxyl groups excluding tert-OH is 2. The minimum absolute atomic E-state index is 0. The summed E-state index contributed by atoms with van der Waals surface area (Å²) < 4.78 is 177. The fourth-order valence-electron chi connectivity index (χ4n) is 14.6. The molecule has 0 aliphatic heterocycles. The number of alkyl halides is 9. The van der Waals surface area contributed by atoms with Crippen LogP contribution in [0, 0.1) is 41.4 Å². The van der Waals surface area contributed by atoms with E-state index in [-0.39, 0.29) is 69.6 Å². The maximum atomic E-state index is 13.4. The third-order valence-corrected chi connectivity index (χ3v) is 24.4. The van der Waals surface area contributed by atoms with E-state index in [2.05, 4.69) is 189 Å². The Balaban J connectivity index is 0.000000192. The molecule has 8 saturated carbocycles. The molecular weight excluding hydrogens is 1400 g/mol. The molecule has 0 radical (unpaired) electrons. The van der Waals surface area contributed by atoms with E-state index in [0.717, 1.165) is 38.5 Å². The molecule has 8 bridgehead atoms. The molecule has 0 amide bonds. The number of hydrogen-bond donors (Lipinski definition) is 5. The molecule has 6 aromatic rings. The number of benzene rings is 6. The number of rotatable bonds is 20. The van der Waals surface area contributed by atoms with Gasteiger partial charge in [0.25, 0.3) is 0 Å². The van der Waals surface area contributed by atoms with Gasteiger partial charge in [0, 0.05) is 32.5 Å². The number of carboxylic acids is 1. The fraction of sp³-hybridized carbons (Fsp3) is 0.451. The third-order valence-electron chi connectivity index (χ3n) is 18.0. The molecule has 8 aliphatic carbocycles. The first kappa shape index (κ1) is 82.9. The van der Waals surface area contributed by atoms with Crippen molar-refractivity contribution in [2.45, 2.75) is 172 Å². The van der Waals surface area contributed by atoms with E-state index in [1.54, 1.807) is 0 Å². The van der Waals surface area contributed by atoms with E-state index in [9.17, 15) is 90.4 Å². The van der Waals surface area contributed by atoms with E-state index < -0.39 is 128 Å². The van der Waals surface area contributed by atoms with E-state index in [1.165, 1.54) is 29.4 Å². The summed E-state index contributed by atoms with van der Waals surface area (Å²) in [5, 5.41) is 36.1. The summed E-state index contributed by atoms with van der Waals surface area (Å²) in [7, 11) is -12.2. The Morgan fingerprint density at radius 1 is 0.475 bits per heavy atom. The van der Waals surface area contributed by atoms with Gasteiger partial charge in [0.05, 0.1) is 50.4 Å². The van der Waals surface area contributed by atoms with Gasteiger partial charge in [-0.15, -0.1) is 0 Å². The van der Waals surface area contributed by atoms with Gasteiger partial charge in [-0.05, 0) is 174 Å². The summed E-state index contributed by atoms with van der Waals surface area (Å²) in [6.07, 6.45) is -2.96. The van der Waals surface area contributed by atoms with Crippen LogP contribution in [0.2, 0.25) is 0 Å². The van der Waals surface area contributed by atoms with Gasteiger partial charge < -0.3 is 39.4 Å². The smallest absolute Gasteiger partial charge is 0.743 e. The van der Waals surface area contributed by atoms with E-state index in [0.29, 0.717) is 43.9 Å². The van der Waals surface area contributed by atoms with Crippen LogP contribution in [-0.2, 0) is 56.4 Å². The molecule has 0 spiro atoms. The number of esters is 1. The summed E-state index contributed by atoms with van der Waals surface area (Å²) in [5.41, 5.74) is -2.99. The molecular formula is C71H80F9NaO14S4. The molecule has 0 saturated heterocycles. The van der Waals surface area contributed by atoms with Gasteiger partial charge in [0.2, 0.25) is 0 Å². The molecule has 0 heterocycles. The van der Waals surface area contributed by atoms with Gasteiger partial charge in [0.15, 0.2) is 67.9 Å². The van der Waals surface area contributed by atoms with E-state index in [4.69, 9.17) is 14.9 Å². The van der Waals surface area contributed by atoms with E-state index >= 15 is 0 Å². The van der Waals surface area contributed by atoms with Crippen molar-refractivity contribution in [3.63, 3.8) is 0 Å². The molecule has 6 aromatic carbocycles. The van der Waals surface area contributed by atoms with Gasteiger partial charge in [-0.2, -0.15) is 17.6 Å². The van der Waals surface area contributed by atoms with Crippen LogP contribution in [0.15, 0.2) is 211 Å². The van der Waals surface area contributed by atoms with E-state index in [1.807, 2.05) is 0 Å². The van der Waals surface area contributed by atoms with Crippen LogP contribution in [0.1, 0.15) is 96.3 Å². The predicted octanol–water partition coefficient (Wildman–Crippen LogP) is 10.7. The molecule has 99 heavy (non-hydrogen) atoms. The topological polar surface area (TPSA) is 259 Å². The number of carbonyl (C=O) groups excluding carboxylic acids is 1. The maximum absolute atomic E-state index is 13.4. The summed E-state index contributed by atoms with van der Waals surface area (Å²) in [6.45, 7) is -0.00911. The molecule has 0 aromatic heterocycles. The number of carbonyl (C=O) groups is 2. The van der Waals surface area contributed by atoms with Gasteiger partial charge in [-0.1, -0.05) is 109 Å². The Kier molecular flexibility index (Phi) is 29.7. The summed E-state index contributed by atoms with van der Waals surface area (Å²) in [6, 6.07) is 64.3. The first-order valence-electron chi connectivity index (χ1n) is 31.7. The zero-order valence-corrected chi connectivity index (χ0v) is 59.5. The van der Waals surface area contributed by atoms with Crippen LogP contribution in [0.4, 0.5) is 39.5 Å². The van der Waals surface area contributed by atoms with Crippen molar-refractivity contribution in [2.24, 2.45) is 34.5 Å². The molecule has 8 fully saturated rings. The minimum atomic E-state index is -6.13. The van der Waals surface area contributed by atoms with Crippen LogP contribution in [0.5, 0.6) is 0 Å². The van der Waals surface area contributed by atoms with Crippen molar-refractivity contribution < 1.29 is 135 Å². The number of ether oxygens (including phenoxy) is 1. The largest absolute Gasteiger partial charge is 1.00 e. The number of halogens is 9. The molecule has 5 N–H and O–H groups in total. The zero-order chi connectivity index (χ0) is 72.0. The average molecular weight is 1480 g/mol. The predicted molar refractivity (Wildman–Crippen MR) is 348 cm³/mol. The molecule has 7 unspecified atom stereocenters. The monoisotopic (exact) mass is 1480 g/mol. The summed E-state index contributed by atoms with van der Waals surface area (Å²) in [4.78, 5) is 31.9. The third kappa shape index (κ3) is 22.0. The fourth-order valence-corrected chi connectivity index (χ4v) is 19.6. The number of carboxylic acid groups (broad SMARTS) is 1. The van der Waals surface area contributed by atoms with Crippen LogP contribution in [0.3, 0.4) is 0 Å². The van der Waals surface area contributed by atoms with Crippen molar-refractivity contribution in [3.8, 4) is 0 Å². The van der Waals surface area contributed by atoms with Crippen LogP contribution in [-0.4, -0.2) is 129 Å². The Hall–Kier alpha value is -5.01. The first-order valence-corrected chi connectivity index (χ1v) is 36.9. The van der Waals surface area contributed by atoms with Crippen molar-refractivity contribution in [1.82, 2.24) is 0 Å². The molecule has 14 rings (SSSR count). The maximum Gasteiger partial charge on any atom is 1.00 e. The normalized spacial score (nSPS) is 24.9. The SMILES string of the molecule is O=C(O)C12CC3CC(CC(O)(C3)C1)C2.O=C(OCCC(F)C(F)(F)S(=O)(=O)[O-])C12CC3CC(CC(O)(C3)C1)C2.O=S(=O)([O-])C(F)(F)C(F)CCO.[CH2-]C(F)(F)C(F)CCO.[Na+].c1ccc([S+](c2ccccc2)c2ccccc2)cc1.c1ccc([S+](c2ccccc2)c2ccccc2)cc1. The summed E-state index contributed by atoms with van der Waals surface area (Å²) in [5.74, 6) is -3.55. The van der Waals surface area contributed by atoms with Crippen LogP contribution in [0.25, 0.3) is 0 Å². The van der Waals surface area contributed by atoms with Crippen molar-refractivity contribution in [2.75, 3.05) is 19.8 Å². The second-order valence-corrected chi connectivity index (χ2v) is 32.8. The molecule has 536 valence electrons. The van der Waals surface area contributed by atoms with Gasteiger partial charge in [0.1, 0.15) is 6.17 Å². The Morgan fingerprint density at radius 2 is 0.727 bits per heavy atom. The first-order chi connectivity index (χ1) is 46.0. The number of aliphatic carboxylic acids is 1. The Morgan fingerprint density at radius 3 is 0.960 bits per heavy atom. The van der Waals surface area contributed by atoms with Gasteiger partial charge in [-0.3, -0.25) is 16.5 Å². The van der Waals surface area contributed by atoms with Crippen LogP contribution >= 0.6 is 0 Å².